The summed E-state index contributed by atoms with van der Waals surface area (Å²) >= 11 is 0. The van der Waals surface area contributed by atoms with Gasteiger partial charge in [0.15, 0.2) is 0 Å². The van der Waals surface area contributed by atoms with Gasteiger partial charge in [0.25, 0.3) is 5.91 Å². The number of piperidine rings is 1. The quantitative estimate of drug-likeness (QED) is 0.795. The Morgan fingerprint density at radius 2 is 2.04 bits per heavy atom. The Balaban J connectivity index is 1.30. The first-order valence-corrected chi connectivity index (χ1v) is 8.94. The highest BCUT2D eigenvalue weighted by molar-refractivity contribution is 5.94. The molecule has 3 N–H and O–H groups in total. The van der Waals surface area contributed by atoms with Crippen LogP contribution in [0.5, 0.6) is 0 Å². The molecule has 0 aliphatic carbocycles. The fraction of sp³-hybridized carbons (Fsp3) is 0.474. The van der Waals surface area contributed by atoms with Crippen molar-refractivity contribution in [1.29, 1.82) is 0 Å². The highest BCUT2D eigenvalue weighted by Gasteiger charge is 2.40. The highest BCUT2D eigenvalue weighted by Crippen LogP contribution is 2.40. The molecule has 0 saturated carbocycles. The van der Waals surface area contributed by atoms with Gasteiger partial charge < -0.3 is 15.4 Å². The second-order valence-electron chi connectivity index (χ2n) is 7.16. The minimum Gasteiger partial charge on any atom is -0.376 e. The molecule has 2 aliphatic rings. The van der Waals surface area contributed by atoms with Crippen LogP contribution < -0.4 is 10.6 Å². The van der Waals surface area contributed by atoms with Crippen molar-refractivity contribution in [3.8, 4) is 11.1 Å². The fourth-order valence-corrected chi connectivity index (χ4v) is 3.86. The smallest absolute Gasteiger partial charge is 0.251 e. The molecule has 6 heteroatoms. The van der Waals surface area contributed by atoms with E-state index in [0.29, 0.717) is 17.5 Å². The average molecular weight is 340 g/mol. The lowest BCUT2D eigenvalue weighted by Crippen LogP contribution is -2.38. The van der Waals surface area contributed by atoms with E-state index in [1.54, 1.807) is 6.20 Å². The number of nitrogens with one attached hydrogen (secondary N) is 3. The third-order valence-corrected chi connectivity index (χ3v) is 5.42. The first-order chi connectivity index (χ1) is 12.2. The molecule has 1 amide bonds. The fourth-order valence-electron chi connectivity index (χ4n) is 3.86. The lowest BCUT2D eigenvalue weighted by Gasteiger charge is -2.32. The Morgan fingerprint density at radius 3 is 2.76 bits per heavy atom. The van der Waals surface area contributed by atoms with E-state index in [1.165, 1.54) is 12.8 Å². The molecule has 1 unspecified atom stereocenters. The molecule has 0 radical (unpaired) electrons. The molecule has 4 rings (SSSR count). The molecule has 1 atom stereocenters. The lowest BCUT2D eigenvalue weighted by molar-refractivity contribution is 0.0781. The number of H-pyrrole nitrogens is 1. The van der Waals surface area contributed by atoms with Crippen LogP contribution in [0.2, 0.25) is 0 Å². The summed E-state index contributed by atoms with van der Waals surface area (Å²) in [7, 11) is 0. The number of nitrogens with zero attached hydrogens (tertiary/aromatic N) is 1. The predicted molar refractivity (Wildman–Crippen MR) is 95.3 cm³/mol. The maximum Gasteiger partial charge on any atom is 0.251 e. The molecular weight excluding hydrogens is 316 g/mol. The number of rotatable bonds is 4. The number of ether oxygens (including phenoxy) is 1. The Hall–Kier alpha value is -2.18. The zero-order valence-corrected chi connectivity index (χ0v) is 14.3. The van der Waals surface area contributed by atoms with Gasteiger partial charge >= 0.3 is 0 Å². The molecule has 6 nitrogen and oxygen atoms in total. The normalized spacial score (nSPS) is 22.2. The van der Waals surface area contributed by atoms with Crippen LogP contribution in [0.3, 0.4) is 0 Å². The third kappa shape index (κ3) is 3.60. The number of amides is 1. The summed E-state index contributed by atoms with van der Waals surface area (Å²) in [5.74, 6) is -0.0476. The van der Waals surface area contributed by atoms with Crippen LogP contribution in [0, 0.1) is 5.41 Å². The average Bonchev–Trinajstić information content (AvgIpc) is 3.31. The second-order valence-corrected chi connectivity index (χ2v) is 7.16. The van der Waals surface area contributed by atoms with Crippen molar-refractivity contribution in [1.82, 2.24) is 20.8 Å². The highest BCUT2D eigenvalue weighted by atomic mass is 16.5. The van der Waals surface area contributed by atoms with E-state index in [9.17, 15) is 4.79 Å². The third-order valence-electron chi connectivity index (χ3n) is 5.42. The maximum absolute atomic E-state index is 12.4. The van der Waals surface area contributed by atoms with Gasteiger partial charge in [0.1, 0.15) is 0 Å². The van der Waals surface area contributed by atoms with Crippen LogP contribution in [0.25, 0.3) is 11.1 Å². The standard InChI is InChI=1S/C19H24N4O2/c24-18(15-3-1-14(2-4-15)16-10-22-23-11-16)21-12-17-9-19(13-25-17)5-7-20-8-6-19/h1-4,10-11,17,20H,5-9,12-13H2,(H,21,24)(H,22,23). The SMILES string of the molecule is O=C(NCC1CC2(CCNCC2)CO1)c1ccc(-c2cn[nH]c2)cc1. The predicted octanol–water partition coefficient (Wildman–Crippen LogP) is 1.97. The number of hydrogen-bond donors (Lipinski definition) is 3. The molecule has 1 aromatic heterocycles. The van der Waals surface area contributed by atoms with Gasteiger partial charge in [-0.25, -0.2) is 0 Å². The molecule has 0 bridgehead atoms. The van der Waals surface area contributed by atoms with Crippen molar-refractivity contribution < 1.29 is 9.53 Å². The maximum atomic E-state index is 12.4. The molecule has 1 spiro atoms. The van der Waals surface area contributed by atoms with Gasteiger partial charge in [-0.05, 0) is 55.5 Å². The zero-order chi connectivity index (χ0) is 17.1. The molecule has 2 fully saturated rings. The Kier molecular flexibility index (Phi) is 4.55. The van der Waals surface area contributed by atoms with E-state index in [4.69, 9.17) is 4.74 Å². The summed E-state index contributed by atoms with van der Waals surface area (Å²) in [5, 5.41) is 13.2. The Morgan fingerprint density at radius 1 is 1.24 bits per heavy atom. The van der Waals surface area contributed by atoms with Gasteiger partial charge in [-0.3, -0.25) is 9.89 Å². The van der Waals surface area contributed by atoms with Crippen molar-refractivity contribution in [2.24, 2.45) is 5.41 Å². The van der Waals surface area contributed by atoms with Crippen molar-refractivity contribution >= 4 is 5.91 Å². The number of aromatic nitrogens is 2. The summed E-state index contributed by atoms with van der Waals surface area (Å²) in [6.07, 6.45) is 7.13. The van der Waals surface area contributed by atoms with Gasteiger partial charge in [0.05, 0.1) is 18.9 Å². The van der Waals surface area contributed by atoms with Gasteiger partial charge in [0.2, 0.25) is 0 Å². The molecule has 132 valence electrons. The summed E-state index contributed by atoms with van der Waals surface area (Å²) in [5.41, 5.74) is 3.05. The van der Waals surface area contributed by atoms with Crippen LogP contribution in [-0.4, -0.2) is 48.4 Å². The van der Waals surface area contributed by atoms with Gasteiger partial charge in [-0.1, -0.05) is 12.1 Å². The summed E-state index contributed by atoms with van der Waals surface area (Å²) in [4.78, 5) is 12.4. The Bertz CT molecular complexity index is 706. The minimum atomic E-state index is -0.0476. The molecule has 3 heterocycles. The van der Waals surface area contributed by atoms with Crippen LogP contribution in [-0.2, 0) is 4.74 Å². The lowest BCUT2D eigenvalue weighted by atomic mass is 9.77. The number of aromatic amines is 1. The van der Waals surface area contributed by atoms with E-state index in [-0.39, 0.29) is 12.0 Å². The molecule has 2 aliphatic heterocycles. The minimum absolute atomic E-state index is 0.0476. The van der Waals surface area contributed by atoms with Crippen LogP contribution in [0.1, 0.15) is 29.6 Å². The first kappa shape index (κ1) is 16.3. The molecular formula is C19H24N4O2. The first-order valence-electron chi connectivity index (χ1n) is 8.94. The van der Waals surface area contributed by atoms with E-state index in [2.05, 4.69) is 20.8 Å². The van der Waals surface area contributed by atoms with E-state index < -0.39 is 0 Å². The van der Waals surface area contributed by atoms with Crippen molar-refractivity contribution in [3.05, 3.63) is 42.2 Å². The summed E-state index contributed by atoms with van der Waals surface area (Å²) < 4.78 is 5.95. The number of carbonyl (C=O) groups is 1. The van der Waals surface area contributed by atoms with Crippen molar-refractivity contribution in [2.45, 2.75) is 25.4 Å². The molecule has 25 heavy (non-hydrogen) atoms. The molecule has 2 saturated heterocycles. The van der Waals surface area contributed by atoms with E-state index >= 15 is 0 Å². The largest absolute Gasteiger partial charge is 0.376 e. The number of hydrogen-bond acceptors (Lipinski definition) is 4. The van der Waals surface area contributed by atoms with Gasteiger partial charge in [-0.2, -0.15) is 5.10 Å². The summed E-state index contributed by atoms with van der Waals surface area (Å²) in [6.45, 7) is 3.56. The Labute approximate surface area is 147 Å². The van der Waals surface area contributed by atoms with Crippen LogP contribution in [0.4, 0.5) is 0 Å². The second kappa shape index (κ2) is 6.98. The monoisotopic (exact) mass is 340 g/mol. The van der Waals surface area contributed by atoms with Gasteiger partial charge in [-0.15, -0.1) is 0 Å². The van der Waals surface area contributed by atoms with Crippen molar-refractivity contribution in [3.63, 3.8) is 0 Å². The van der Waals surface area contributed by atoms with Crippen LogP contribution in [0.15, 0.2) is 36.7 Å². The van der Waals surface area contributed by atoms with Gasteiger partial charge in [0, 0.05) is 23.9 Å². The van der Waals surface area contributed by atoms with Crippen LogP contribution >= 0.6 is 0 Å². The topological polar surface area (TPSA) is 79.0 Å². The molecule has 2 aromatic rings. The number of benzene rings is 1. The van der Waals surface area contributed by atoms with Crippen molar-refractivity contribution in [2.75, 3.05) is 26.2 Å². The number of carbonyl (C=O) groups excluding carboxylic acids is 1. The molecule has 1 aromatic carbocycles. The van der Waals surface area contributed by atoms with E-state index in [1.807, 2.05) is 30.5 Å². The zero-order valence-electron chi connectivity index (χ0n) is 14.3. The summed E-state index contributed by atoms with van der Waals surface area (Å²) in [6, 6.07) is 7.58. The van der Waals surface area contributed by atoms with E-state index in [0.717, 1.165) is 37.2 Å².